The number of amides is 1. The SMILES string of the molecule is O=C(Nc1cc(Oc2cccc(C(F)(F)F)c2)cc([N+](=O)[O-])c1)c1ccc(CN2CCCC2)o1. The van der Waals surface area contributed by atoms with Crippen LogP contribution in [-0.2, 0) is 12.7 Å². The van der Waals surface area contributed by atoms with Crippen LogP contribution in [0.1, 0.15) is 34.7 Å². The summed E-state index contributed by atoms with van der Waals surface area (Å²) >= 11 is 0. The number of furan rings is 1. The van der Waals surface area contributed by atoms with Crippen molar-refractivity contribution in [3.63, 3.8) is 0 Å². The number of ether oxygens (including phenoxy) is 1. The van der Waals surface area contributed by atoms with Gasteiger partial charge in [0.15, 0.2) is 5.76 Å². The van der Waals surface area contributed by atoms with Crippen LogP contribution in [0, 0.1) is 10.1 Å². The fraction of sp³-hybridized carbons (Fsp3) is 0.261. The van der Waals surface area contributed by atoms with Gasteiger partial charge in [0, 0.05) is 12.1 Å². The first-order valence-corrected chi connectivity index (χ1v) is 10.4. The Morgan fingerprint density at radius 2 is 1.85 bits per heavy atom. The van der Waals surface area contributed by atoms with Crippen LogP contribution in [0.15, 0.2) is 59.0 Å². The number of carbonyl (C=O) groups is 1. The predicted molar refractivity (Wildman–Crippen MR) is 116 cm³/mol. The highest BCUT2D eigenvalue weighted by Crippen LogP contribution is 2.34. The van der Waals surface area contributed by atoms with Gasteiger partial charge in [-0.05, 0) is 56.3 Å². The highest BCUT2D eigenvalue weighted by Gasteiger charge is 2.30. The molecule has 0 spiro atoms. The van der Waals surface area contributed by atoms with Crippen LogP contribution in [0.3, 0.4) is 0 Å². The van der Waals surface area contributed by atoms with Crippen molar-refractivity contribution in [3.05, 3.63) is 81.8 Å². The lowest BCUT2D eigenvalue weighted by Crippen LogP contribution is -2.18. The van der Waals surface area contributed by atoms with Crippen molar-refractivity contribution in [2.24, 2.45) is 0 Å². The molecule has 0 saturated carbocycles. The molecule has 1 aliphatic heterocycles. The molecular weight excluding hydrogens is 455 g/mol. The van der Waals surface area contributed by atoms with E-state index in [9.17, 15) is 28.1 Å². The molecule has 3 aromatic rings. The van der Waals surface area contributed by atoms with E-state index in [-0.39, 0.29) is 22.9 Å². The van der Waals surface area contributed by atoms with Gasteiger partial charge in [0.05, 0.1) is 28.8 Å². The molecular formula is C23H20F3N3O5. The number of nitrogens with zero attached hydrogens (tertiary/aromatic N) is 2. The number of likely N-dealkylation sites (tertiary alicyclic amines) is 1. The standard InChI is InChI=1S/C23H20F3N3O5/c24-23(25,26)15-4-3-5-18(10-15)33-20-12-16(11-17(13-20)29(31)32)27-22(30)21-7-6-19(34-21)14-28-8-1-2-9-28/h3-7,10-13H,1-2,8-9,14H2,(H,27,30). The zero-order valence-electron chi connectivity index (χ0n) is 17.8. The molecule has 178 valence electrons. The van der Waals surface area contributed by atoms with Crippen LogP contribution in [0.5, 0.6) is 11.5 Å². The number of nitrogens with one attached hydrogen (secondary N) is 1. The van der Waals surface area contributed by atoms with Gasteiger partial charge in [-0.25, -0.2) is 0 Å². The molecule has 8 nitrogen and oxygen atoms in total. The molecule has 1 amide bonds. The van der Waals surface area contributed by atoms with E-state index in [0.717, 1.165) is 56.3 Å². The summed E-state index contributed by atoms with van der Waals surface area (Å²) in [5.41, 5.74) is -1.31. The van der Waals surface area contributed by atoms with Crippen LogP contribution >= 0.6 is 0 Å². The number of nitro benzene ring substituents is 1. The number of nitro groups is 1. The second-order valence-corrected chi connectivity index (χ2v) is 7.80. The molecule has 1 fully saturated rings. The van der Waals surface area contributed by atoms with Crippen molar-refractivity contribution in [3.8, 4) is 11.5 Å². The lowest BCUT2D eigenvalue weighted by Gasteiger charge is -2.12. The molecule has 0 radical (unpaired) electrons. The van der Waals surface area contributed by atoms with Crippen LogP contribution in [0.4, 0.5) is 24.5 Å². The first-order valence-electron chi connectivity index (χ1n) is 10.4. The third kappa shape index (κ3) is 5.73. The van der Waals surface area contributed by atoms with Gasteiger partial charge in [0.2, 0.25) is 0 Å². The fourth-order valence-corrected chi connectivity index (χ4v) is 3.63. The van der Waals surface area contributed by atoms with Gasteiger partial charge in [-0.3, -0.25) is 19.8 Å². The maximum atomic E-state index is 13.0. The molecule has 11 heteroatoms. The highest BCUT2D eigenvalue weighted by atomic mass is 19.4. The molecule has 1 aliphatic rings. The lowest BCUT2D eigenvalue weighted by atomic mass is 10.2. The highest BCUT2D eigenvalue weighted by molar-refractivity contribution is 6.02. The van der Waals surface area contributed by atoms with E-state index in [2.05, 4.69) is 10.2 Å². The Labute approximate surface area is 192 Å². The second-order valence-electron chi connectivity index (χ2n) is 7.80. The third-order valence-corrected chi connectivity index (χ3v) is 5.22. The van der Waals surface area contributed by atoms with E-state index >= 15 is 0 Å². The molecule has 1 N–H and O–H groups in total. The summed E-state index contributed by atoms with van der Waals surface area (Å²) < 4.78 is 49.9. The molecule has 34 heavy (non-hydrogen) atoms. The maximum absolute atomic E-state index is 13.0. The average Bonchev–Trinajstić information content (AvgIpc) is 3.46. The van der Waals surface area contributed by atoms with E-state index < -0.39 is 28.3 Å². The second kappa shape index (κ2) is 9.56. The zero-order chi connectivity index (χ0) is 24.3. The van der Waals surface area contributed by atoms with Crippen LogP contribution in [0.25, 0.3) is 0 Å². The summed E-state index contributed by atoms with van der Waals surface area (Å²) in [6.45, 7) is 2.51. The van der Waals surface area contributed by atoms with Crippen molar-refractivity contribution in [1.82, 2.24) is 4.90 Å². The topological polar surface area (TPSA) is 97.8 Å². The van der Waals surface area contributed by atoms with Gasteiger partial charge in [-0.15, -0.1) is 0 Å². The van der Waals surface area contributed by atoms with Gasteiger partial charge in [-0.1, -0.05) is 6.07 Å². The van der Waals surface area contributed by atoms with Crippen LogP contribution < -0.4 is 10.1 Å². The monoisotopic (exact) mass is 475 g/mol. The number of anilines is 1. The Morgan fingerprint density at radius 1 is 1.09 bits per heavy atom. The van der Waals surface area contributed by atoms with Crippen LogP contribution in [0.2, 0.25) is 0 Å². The molecule has 1 saturated heterocycles. The minimum atomic E-state index is -4.57. The van der Waals surface area contributed by atoms with E-state index in [1.165, 1.54) is 18.2 Å². The number of carbonyl (C=O) groups excluding carboxylic acids is 1. The Bertz CT molecular complexity index is 1200. The summed E-state index contributed by atoms with van der Waals surface area (Å²) in [5.74, 6) is -0.248. The normalized spacial score (nSPS) is 14.2. The summed E-state index contributed by atoms with van der Waals surface area (Å²) in [5, 5.41) is 13.8. The average molecular weight is 475 g/mol. The molecule has 0 aliphatic carbocycles. The van der Waals surface area contributed by atoms with E-state index in [1.54, 1.807) is 6.07 Å². The number of rotatable bonds is 7. The van der Waals surface area contributed by atoms with Crippen LogP contribution in [-0.4, -0.2) is 28.8 Å². The molecule has 2 heterocycles. The first-order chi connectivity index (χ1) is 16.2. The predicted octanol–water partition coefficient (Wildman–Crippen LogP) is 5.85. The van der Waals surface area contributed by atoms with Gasteiger partial charge in [0.1, 0.15) is 17.3 Å². The molecule has 0 bridgehead atoms. The third-order valence-electron chi connectivity index (χ3n) is 5.22. The Hall–Kier alpha value is -3.86. The van der Waals surface area contributed by atoms with Crippen molar-refractivity contribution in [2.45, 2.75) is 25.6 Å². The van der Waals surface area contributed by atoms with Gasteiger partial charge >= 0.3 is 6.18 Å². The Balaban J connectivity index is 1.51. The minimum Gasteiger partial charge on any atom is -0.457 e. The molecule has 0 unspecified atom stereocenters. The largest absolute Gasteiger partial charge is 0.457 e. The maximum Gasteiger partial charge on any atom is 0.416 e. The number of benzene rings is 2. The number of hydrogen-bond donors (Lipinski definition) is 1. The summed E-state index contributed by atoms with van der Waals surface area (Å²) in [7, 11) is 0. The lowest BCUT2D eigenvalue weighted by molar-refractivity contribution is -0.384. The van der Waals surface area contributed by atoms with Gasteiger partial charge in [0.25, 0.3) is 11.6 Å². The van der Waals surface area contributed by atoms with Crippen molar-refractivity contribution >= 4 is 17.3 Å². The number of halogens is 3. The summed E-state index contributed by atoms with van der Waals surface area (Å²) in [4.78, 5) is 25.5. The Kier molecular flexibility index (Phi) is 6.55. The molecule has 0 atom stereocenters. The molecule has 1 aromatic heterocycles. The number of non-ortho nitro benzene ring substituents is 1. The van der Waals surface area contributed by atoms with Crippen molar-refractivity contribution in [2.75, 3.05) is 18.4 Å². The quantitative estimate of drug-likeness (QED) is 0.340. The van der Waals surface area contributed by atoms with E-state index in [1.807, 2.05) is 0 Å². The first kappa shape index (κ1) is 23.3. The van der Waals surface area contributed by atoms with Crippen molar-refractivity contribution < 1.29 is 32.0 Å². The molecule has 4 rings (SSSR count). The minimum absolute atomic E-state index is 0.0265. The van der Waals surface area contributed by atoms with Crippen molar-refractivity contribution in [1.29, 1.82) is 0 Å². The van der Waals surface area contributed by atoms with E-state index in [0.29, 0.717) is 12.3 Å². The fourth-order valence-electron chi connectivity index (χ4n) is 3.63. The number of alkyl halides is 3. The summed E-state index contributed by atoms with van der Waals surface area (Å²) in [6, 6.07) is 10.8. The van der Waals surface area contributed by atoms with Gasteiger partial charge < -0.3 is 14.5 Å². The smallest absolute Gasteiger partial charge is 0.416 e. The molecule has 2 aromatic carbocycles. The number of hydrogen-bond acceptors (Lipinski definition) is 6. The Morgan fingerprint density at radius 3 is 2.56 bits per heavy atom. The summed E-state index contributed by atoms with van der Waals surface area (Å²) in [6.07, 6.45) is -2.34. The zero-order valence-corrected chi connectivity index (χ0v) is 17.8. The van der Waals surface area contributed by atoms with E-state index in [4.69, 9.17) is 9.15 Å². The van der Waals surface area contributed by atoms with Gasteiger partial charge in [-0.2, -0.15) is 13.2 Å².